The van der Waals surface area contributed by atoms with E-state index in [9.17, 15) is 0 Å². The molecule has 2 aromatic rings. The Kier molecular flexibility index (Phi) is 2.31. The van der Waals surface area contributed by atoms with Crippen molar-refractivity contribution in [3.63, 3.8) is 0 Å². The van der Waals surface area contributed by atoms with E-state index in [-0.39, 0.29) is 0 Å². The maximum atomic E-state index is 5.54. The third-order valence-electron chi connectivity index (χ3n) is 1.79. The van der Waals surface area contributed by atoms with E-state index < -0.39 is 0 Å². The largest absolute Gasteiger partial charge is 0.384 e. The van der Waals surface area contributed by atoms with E-state index >= 15 is 0 Å². The molecule has 0 radical (unpaired) electrons. The Morgan fingerprint density at radius 2 is 2.29 bits per heavy atom. The van der Waals surface area contributed by atoms with Gasteiger partial charge in [-0.15, -0.1) is 0 Å². The fourth-order valence-corrected chi connectivity index (χ4v) is 1.12. The van der Waals surface area contributed by atoms with Gasteiger partial charge < -0.3 is 11.1 Å². The highest BCUT2D eigenvalue weighted by atomic mass is 15.1. The van der Waals surface area contributed by atoms with Crippen molar-refractivity contribution < 1.29 is 0 Å². The van der Waals surface area contributed by atoms with Crippen LogP contribution in [0.15, 0.2) is 30.5 Å². The monoisotopic (exact) mass is 189 g/mol. The summed E-state index contributed by atoms with van der Waals surface area (Å²) in [5.74, 6) is 1.28. The summed E-state index contributed by atoms with van der Waals surface area (Å²) in [4.78, 5) is 4.10. The predicted molar refractivity (Wildman–Crippen MR) is 54.6 cm³/mol. The standard InChI is InChI=1S/C9H11N5/c10-8-2-1-3-9(13-8)11-6-7-4-5-12-14-7/h1-5H,6H2,(H,12,14)(H3,10,11,13). The molecule has 2 heterocycles. The first-order valence-electron chi connectivity index (χ1n) is 4.29. The van der Waals surface area contributed by atoms with Crippen LogP contribution in [0.5, 0.6) is 0 Å². The number of H-pyrrole nitrogens is 1. The highest BCUT2D eigenvalue weighted by molar-refractivity contribution is 5.42. The number of hydrogen-bond acceptors (Lipinski definition) is 4. The molecule has 2 aromatic heterocycles. The van der Waals surface area contributed by atoms with E-state index in [2.05, 4.69) is 20.5 Å². The van der Waals surface area contributed by atoms with Crippen LogP contribution in [0.4, 0.5) is 11.6 Å². The average molecular weight is 189 g/mol. The number of pyridine rings is 1. The lowest BCUT2D eigenvalue weighted by atomic mass is 10.4. The minimum Gasteiger partial charge on any atom is -0.384 e. The minimum absolute atomic E-state index is 0.514. The van der Waals surface area contributed by atoms with E-state index in [1.165, 1.54) is 0 Å². The Hall–Kier alpha value is -2.04. The number of hydrogen-bond donors (Lipinski definition) is 3. The van der Waals surface area contributed by atoms with Crippen LogP contribution in [0, 0.1) is 0 Å². The molecule has 0 fully saturated rings. The van der Waals surface area contributed by atoms with Crippen LogP contribution in [0.3, 0.4) is 0 Å². The first-order chi connectivity index (χ1) is 6.84. The zero-order valence-corrected chi connectivity index (χ0v) is 7.57. The number of aromatic nitrogens is 3. The predicted octanol–water partition coefficient (Wildman–Crippen LogP) is 0.999. The number of nitrogens with zero attached hydrogens (tertiary/aromatic N) is 2. The van der Waals surface area contributed by atoms with Gasteiger partial charge in [-0.25, -0.2) is 4.98 Å². The van der Waals surface area contributed by atoms with Gasteiger partial charge in [-0.2, -0.15) is 5.10 Å². The zero-order valence-electron chi connectivity index (χ0n) is 7.57. The first-order valence-corrected chi connectivity index (χ1v) is 4.29. The van der Waals surface area contributed by atoms with E-state index in [4.69, 9.17) is 5.73 Å². The van der Waals surface area contributed by atoms with Crippen molar-refractivity contribution in [3.05, 3.63) is 36.2 Å². The second-order valence-corrected chi connectivity index (χ2v) is 2.88. The summed E-state index contributed by atoms with van der Waals surface area (Å²) in [7, 11) is 0. The Balaban J connectivity index is 1.98. The molecule has 72 valence electrons. The van der Waals surface area contributed by atoms with Crippen LogP contribution in [0.2, 0.25) is 0 Å². The molecular weight excluding hydrogens is 178 g/mol. The highest BCUT2D eigenvalue weighted by Crippen LogP contribution is 2.06. The molecule has 0 aliphatic carbocycles. The lowest BCUT2D eigenvalue weighted by Crippen LogP contribution is -2.02. The Morgan fingerprint density at radius 3 is 3.00 bits per heavy atom. The van der Waals surface area contributed by atoms with E-state index in [0.717, 1.165) is 11.5 Å². The van der Waals surface area contributed by atoms with Crippen molar-refractivity contribution in [1.82, 2.24) is 15.2 Å². The van der Waals surface area contributed by atoms with E-state index in [1.807, 2.05) is 18.2 Å². The Bertz CT molecular complexity index is 395. The van der Waals surface area contributed by atoms with Gasteiger partial charge in [0, 0.05) is 6.20 Å². The van der Waals surface area contributed by atoms with Crippen molar-refractivity contribution in [2.24, 2.45) is 0 Å². The molecule has 0 amide bonds. The van der Waals surface area contributed by atoms with Crippen LogP contribution >= 0.6 is 0 Å². The topological polar surface area (TPSA) is 79.6 Å². The number of anilines is 2. The molecule has 0 aliphatic heterocycles. The van der Waals surface area contributed by atoms with Gasteiger partial charge in [0.1, 0.15) is 11.6 Å². The van der Waals surface area contributed by atoms with Gasteiger partial charge in [0.15, 0.2) is 0 Å². The lowest BCUT2D eigenvalue weighted by Gasteiger charge is -2.03. The second-order valence-electron chi connectivity index (χ2n) is 2.88. The maximum absolute atomic E-state index is 5.54. The number of aromatic amines is 1. The third-order valence-corrected chi connectivity index (χ3v) is 1.79. The molecule has 0 aliphatic rings. The van der Waals surface area contributed by atoms with Gasteiger partial charge in [-0.1, -0.05) is 6.07 Å². The molecular formula is C9H11N5. The van der Waals surface area contributed by atoms with Crippen molar-refractivity contribution in [3.8, 4) is 0 Å². The van der Waals surface area contributed by atoms with Gasteiger partial charge >= 0.3 is 0 Å². The van der Waals surface area contributed by atoms with Crippen molar-refractivity contribution in [2.75, 3.05) is 11.1 Å². The molecule has 14 heavy (non-hydrogen) atoms. The molecule has 2 rings (SSSR count). The SMILES string of the molecule is Nc1cccc(NCc2ccn[nH]2)n1. The van der Waals surface area contributed by atoms with E-state index in [0.29, 0.717) is 12.4 Å². The summed E-state index contributed by atoms with van der Waals surface area (Å²) < 4.78 is 0. The summed E-state index contributed by atoms with van der Waals surface area (Å²) in [6.45, 7) is 0.663. The van der Waals surface area contributed by atoms with E-state index in [1.54, 1.807) is 12.3 Å². The van der Waals surface area contributed by atoms with Gasteiger partial charge in [-0.3, -0.25) is 5.10 Å². The molecule has 0 bridgehead atoms. The quantitative estimate of drug-likeness (QED) is 0.673. The molecule has 0 saturated heterocycles. The molecule has 4 N–H and O–H groups in total. The molecule has 5 nitrogen and oxygen atoms in total. The van der Waals surface area contributed by atoms with Crippen molar-refractivity contribution in [2.45, 2.75) is 6.54 Å². The maximum Gasteiger partial charge on any atom is 0.128 e. The van der Waals surface area contributed by atoms with Crippen molar-refractivity contribution >= 4 is 11.6 Å². The van der Waals surface area contributed by atoms with Crippen LogP contribution in [-0.2, 0) is 6.54 Å². The van der Waals surface area contributed by atoms with Crippen LogP contribution in [-0.4, -0.2) is 15.2 Å². The average Bonchev–Trinajstić information content (AvgIpc) is 2.67. The van der Waals surface area contributed by atoms with Gasteiger partial charge in [0.05, 0.1) is 12.2 Å². The van der Waals surface area contributed by atoms with Crippen LogP contribution in [0.25, 0.3) is 0 Å². The number of nitrogen functional groups attached to an aromatic ring is 1. The molecule has 0 saturated carbocycles. The van der Waals surface area contributed by atoms with Gasteiger partial charge in [-0.05, 0) is 18.2 Å². The number of nitrogens with one attached hydrogen (secondary N) is 2. The fourth-order valence-electron chi connectivity index (χ4n) is 1.12. The number of rotatable bonds is 3. The highest BCUT2D eigenvalue weighted by Gasteiger charge is 1.95. The molecule has 0 atom stereocenters. The number of nitrogens with two attached hydrogens (primary N) is 1. The van der Waals surface area contributed by atoms with Gasteiger partial charge in [0.25, 0.3) is 0 Å². The summed E-state index contributed by atoms with van der Waals surface area (Å²) >= 11 is 0. The Morgan fingerprint density at radius 1 is 1.36 bits per heavy atom. The Labute approximate surface area is 81.4 Å². The molecule has 0 unspecified atom stereocenters. The molecule has 0 spiro atoms. The summed E-state index contributed by atoms with van der Waals surface area (Å²) in [5.41, 5.74) is 6.54. The molecule has 5 heteroatoms. The summed E-state index contributed by atoms with van der Waals surface area (Å²) in [6, 6.07) is 7.38. The second kappa shape index (κ2) is 3.78. The lowest BCUT2D eigenvalue weighted by molar-refractivity contribution is 0.975. The first kappa shape index (κ1) is 8.55. The van der Waals surface area contributed by atoms with Crippen LogP contribution < -0.4 is 11.1 Å². The zero-order chi connectivity index (χ0) is 9.80. The fraction of sp³-hybridized carbons (Fsp3) is 0.111. The summed E-state index contributed by atoms with van der Waals surface area (Å²) in [5, 5.41) is 9.82. The minimum atomic E-state index is 0.514. The smallest absolute Gasteiger partial charge is 0.128 e. The van der Waals surface area contributed by atoms with Gasteiger partial charge in [0.2, 0.25) is 0 Å². The van der Waals surface area contributed by atoms with Crippen molar-refractivity contribution in [1.29, 1.82) is 0 Å². The summed E-state index contributed by atoms with van der Waals surface area (Å²) in [6.07, 6.45) is 1.71. The van der Waals surface area contributed by atoms with Crippen LogP contribution in [0.1, 0.15) is 5.69 Å². The molecule has 0 aromatic carbocycles. The third kappa shape index (κ3) is 2.01. The normalized spacial score (nSPS) is 10.0.